The van der Waals surface area contributed by atoms with Gasteiger partial charge in [-0.25, -0.2) is 0 Å². The second-order valence-corrected chi connectivity index (χ2v) is 9.03. The fourth-order valence-electron chi connectivity index (χ4n) is 3.32. The summed E-state index contributed by atoms with van der Waals surface area (Å²) >= 11 is -0.187. The molecule has 158 valence electrons. The van der Waals surface area contributed by atoms with Crippen molar-refractivity contribution in [3.63, 3.8) is 0 Å². The van der Waals surface area contributed by atoms with Crippen LogP contribution >= 0.6 is 0 Å². The number of amides is 1. The first kappa shape index (κ1) is 21.0. The molecule has 1 amide bonds. The van der Waals surface area contributed by atoms with Gasteiger partial charge in [0.1, 0.15) is 0 Å². The summed E-state index contributed by atoms with van der Waals surface area (Å²) in [4.78, 5) is 25.1. The van der Waals surface area contributed by atoms with Crippen molar-refractivity contribution in [3.8, 4) is 5.69 Å². The summed E-state index contributed by atoms with van der Waals surface area (Å²) in [6.45, 7) is -0.583. The number of aliphatic hydroxyl groups is 4. The predicted molar refractivity (Wildman–Crippen MR) is 108 cm³/mol. The first-order valence-corrected chi connectivity index (χ1v) is 10.9. The molecule has 30 heavy (non-hydrogen) atoms. The Labute approximate surface area is 176 Å². The fraction of sp³-hybridized carbons (Fsp3) is 0.300. The van der Waals surface area contributed by atoms with E-state index in [1.807, 2.05) is 18.2 Å². The van der Waals surface area contributed by atoms with Crippen LogP contribution in [-0.4, -0.2) is 81.9 Å². The predicted octanol–water partition coefficient (Wildman–Crippen LogP) is -1.42. The number of fused-ring (bicyclic) bond motifs is 1. The summed E-state index contributed by atoms with van der Waals surface area (Å²) in [5, 5.41) is 42.0. The van der Waals surface area contributed by atoms with Gasteiger partial charge in [0.25, 0.3) is 0 Å². The van der Waals surface area contributed by atoms with Crippen molar-refractivity contribution in [1.29, 1.82) is 0 Å². The van der Waals surface area contributed by atoms with Gasteiger partial charge in [-0.15, -0.1) is 0 Å². The van der Waals surface area contributed by atoms with Crippen molar-refractivity contribution >= 4 is 30.3 Å². The number of aromatic nitrogens is 1. The summed E-state index contributed by atoms with van der Waals surface area (Å²) in [5.41, 5.74) is 0.845. The van der Waals surface area contributed by atoms with E-state index in [2.05, 4.69) is 5.32 Å². The van der Waals surface area contributed by atoms with E-state index in [1.54, 1.807) is 33.9 Å². The fourth-order valence-corrected chi connectivity index (χ4v) is 5.42. The van der Waals surface area contributed by atoms with E-state index < -0.39 is 43.2 Å². The Bertz CT molecular complexity index is 1110. The molecule has 5 N–H and O–H groups in total. The molecular formula is C20H20N2O7Se. The summed E-state index contributed by atoms with van der Waals surface area (Å²) < 4.78 is 7.96. The topological polar surface area (TPSA) is 141 Å². The Hall–Kier alpha value is -2.30. The van der Waals surface area contributed by atoms with Gasteiger partial charge < -0.3 is 0 Å². The molecule has 0 unspecified atom stereocenters. The van der Waals surface area contributed by atoms with E-state index in [4.69, 9.17) is 4.74 Å². The monoisotopic (exact) mass is 480 g/mol. The molecule has 9 nitrogen and oxygen atoms in total. The van der Waals surface area contributed by atoms with E-state index in [0.717, 1.165) is 4.26 Å². The van der Waals surface area contributed by atoms with Crippen molar-refractivity contribution in [2.24, 2.45) is 0 Å². The van der Waals surface area contributed by atoms with Crippen LogP contribution in [0.5, 0.6) is 0 Å². The van der Waals surface area contributed by atoms with Gasteiger partial charge in [-0.3, -0.25) is 0 Å². The van der Waals surface area contributed by atoms with Gasteiger partial charge in [-0.1, -0.05) is 0 Å². The Morgan fingerprint density at radius 1 is 1.03 bits per heavy atom. The molecule has 0 spiro atoms. The van der Waals surface area contributed by atoms with Gasteiger partial charge in [0.15, 0.2) is 0 Å². The molecule has 2 aromatic carbocycles. The standard InChI is InChI=1S/C20H20N2O7Se/c23-9-13-15(24)16(25)17(26)19(29-13)21-18(27)10-5-7-11(8-6-10)22-20(28)12-3-1-2-4-14(12)30-22/h1-8,13,15-17,19,23-26H,9H2,(H,21,27)/t13-,15+,16+,17-,19-/m1/s1. The second kappa shape index (κ2) is 8.44. The number of nitrogens with one attached hydrogen (secondary N) is 1. The van der Waals surface area contributed by atoms with Crippen molar-refractivity contribution in [2.75, 3.05) is 6.61 Å². The normalized spacial score (nSPS) is 26.6. The number of benzene rings is 2. The number of carbonyl (C=O) groups excluding carboxylic acids is 1. The molecule has 1 aromatic heterocycles. The van der Waals surface area contributed by atoms with Gasteiger partial charge in [0.05, 0.1) is 0 Å². The number of rotatable bonds is 4. The number of aliphatic hydroxyl groups excluding tert-OH is 4. The minimum absolute atomic E-state index is 0.0795. The summed E-state index contributed by atoms with van der Waals surface area (Å²) in [6.07, 6.45) is -7.05. The van der Waals surface area contributed by atoms with Crippen LogP contribution < -0.4 is 10.9 Å². The second-order valence-electron chi connectivity index (χ2n) is 6.96. The van der Waals surface area contributed by atoms with Gasteiger partial charge in [0, 0.05) is 0 Å². The zero-order valence-electron chi connectivity index (χ0n) is 15.6. The molecule has 4 rings (SSSR count). The maximum atomic E-state index is 12.6. The average Bonchev–Trinajstić information content (AvgIpc) is 3.11. The molecule has 0 saturated carbocycles. The van der Waals surface area contributed by atoms with E-state index >= 15 is 0 Å². The minimum atomic E-state index is -1.58. The summed E-state index contributed by atoms with van der Waals surface area (Å²) in [5.74, 6) is -0.576. The number of ether oxygens (including phenoxy) is 1. The SMILES string of the molecule is O=C(N[C@@H]1O[C@H](CO)[C@H](O)[C@H](O)[C@H]1O)c1ccc(-n2[se]c3ccccc3c2=O)cc1. The van der Waals surface area contributed by atoms with Crippen LogP contribution in [0.25, 0.3) is 15.3 Å². The third-order valence-corrected chi connectivity index (χ3v) is 7.35. The molecule has 5 atom stereocenters. The van der Waals surface area contributed by atoms with E-state index in [-0.39, 0.29) is 25.9 Å². The van der Waals surface area contributed by atoms with Gasteiger partial charge in [-0.05, 0) is 0 Å². The molecule has 1 aliphatic rings. The molecule has 10 heteroatoms. The molecule has 1 saturated heterocycles. The molecule has 0 radical (unpaired) electrons. The van der Waals surface area contributed by atoms with Crippen LogP contribution in [-0.2, 0) is 4.74 Å². The molecule has 1 fully saturated rings. The average molecular weight is 479 g/mol. The molecule has 1 aliphatic heterocycles. The third-order valence-electron chi connectivity index (χ3n) is 5.02. The van der Waals surface area contributed by atoms with E-state index in [9.17, 15) is 30.0 Å². The van der Waals surface area contributed by atoms with Crippen LogP contribution in [0.2, 0.25) is 0 Å². The Balaban J connectivity index is 1.52. The van der Waals surface area contributed by atoms with Crippen LogP contribution in [0, 0.1) is 0 Å². The van der Waals surface area contributed by atoms with Gasteiger partial charge in [-0.2, -0.15) is 0 Å². The molecule has 3 aromatic rings. The van der Waals surface area contributed by atoms with Gasteiger partial charge >= 0.3 is 177 Å². The van der Waals surface area contributed by atoms with Crippen molar-refractivity contribution in [2.45, 2.75) is 30.6 Å². The Morgan fingerprint density at radius 3 is 2.40 bits per heavy atom. The van der Waals surface area contributed by atoms with Crippen molar-refractivity contribution in [1.82, 2.24) is 8.88 Å². The first-order valence-electron chi connectivity index (χ1n) is 9.23. The van der Waals surface area contributed by atoms with E-state index in [1.165, 1.54) is 0 Å². The van der Waals surface area contributed by atoms with Crippen LogP contribution in [0.15, 0.2) is 53.3 Å². The number of hydrogen-bond donors (Lipinski definition) is 5. The number of nitrogens with zero attached hydrogens (tertiary/aromatic N) is 1. The summed E-state index contributed by atoms with van der Waals surface area (Å²) in [6, 6.07) is 13.8. The van der Waals surface area contributed by atoms with E-state index in [0.29, 0.717) is 11.1 Å². The van der Waals surface area contributed by atoms with Crippen molar-refractivity contribution in [3.05, 3.63) is 64.4 Å². The molecular weight excluding hydrogens is 459 g/mol. The van der Waals surface area contributed by atoms with Crippen LogP contribution in [0.3, 0.4) is 0 Å². The maximum absolute atomic E-state index is 12.6. The number of carbonyl (C=O) groups is 1. The molecule has 2 heterocycles. The summed E-state index contributed by atoms with van der Waals surface area (Å²) in [7, 11) is 0. The Kier molecular flexibility index (Phi) is 5.90. The van der Waals surface area contributed by atoms with Crippen molar-refractivity contribution < 1.29 is 30.0 Å². The zero-order chi connectivity index (χ0) is 21.4. The Morgan fingerprint density at radius 2 is 1.73 bits per heavy atom. The van der Waals surface area contributed by atoms with Crippen LogP contribution in [0.1, 0.15) is 10.4 Å². The third kappa shape index (κ3) is 3.75. The van der Waals surface area contributed by atoms with Gasteiger partial charge in [0.2, 0.25) is 0 Å². The zero-order valence-corrected chi connectivity index (χ0v) is 17.3. The van der Waals surface area contributed by atoms with Crippen LogP contribution in [0.4, 0.5) is 0 Å². The molecule has 0 bridgehead atoms. The number of hydrogen-bond acceptors (Lipinski definition) is 7. The first-order chi connectivity index (χ1) is 14.4. The molecule has 0 aliphatic carbocycles. The quantitative estimate of drug-likeness (QED) is 0.289.